The van der Waals surface area contributed by atoms with Crippen LogP contribution in [0, 0.1) is 0 Å². The third kappa shape index (κ3) is 45.1. The van der Waals surface area contributed by atoms with Gasteiger partial charge in [-0.05, 0) is 64.2 Å². The topological polar surface area (TPSA) is 72.8 Å². The number of hydrogen-bond donors (Lipinski definition) is 1. The van der Waals surface area contributed by atoms with Crippen LogP contribution in [0.5, 0.6) is 0 Å². The molecule has 0 saturated heterocycles. The molecule has 0 aliphatic rings. The predicted octanol–water partition coefficient (Wildman–Crippen LogP) is 16.2. The maximum Gasteiger partial charge on any atom is 0.306 e. The van der Waals surface area contributed by atoms with Crippen LogP contribution in [-0.2, 0) is 19.1 Å². The number of ether oxygens (including phenoxy) is 2. The Morgan fingerprint density at radius 3 is 0.964 bits per heavy atom. The minimum atomic E-state index is -0.770. The maximum absolute atomic E-state index is 12.3. The van der Waals surface area contributed by atoms with Crippen LogP contribution in [-0.4, -0.2) is 36.4 Å². The van der Waals surface area contributed by atoms with E-state index >= 15 is 0 Å². The van der Waals surface area contributed by atoms with Crippen molar-refractivity contribution >= 4 is 11.9 Å². The zero-order valence-electron chi connectivity index (χ0n) is 37.7. The van der Waals surface area contributed by atoms with Gasteiger partial charge in [0.05, 0.1) is 6.61 Å². The molecule has 56 heavy (non-hydrogen) atoms. The molecule has 0 aromatic heterocycles. The van der Waals surface area contributed by atoms with Crippen LogP contribution in [0.1, 0.15) is 271 Å². The first-order chi connectivity index (χ1) is 27.6. The van der Waals surface area contributed by atoms with Gasteiger partial charge in [-0.15, -0.1) is 0 Å². The molecule has 0 saturated carbocycles. The third-order valence-corrected chi connectivity index (χ3v) is 11.2. The van der Waals surface area contributed by atoms with Crippen LogP contribution in [0.4, 0.5) is 0 Å². The molecular weight excluding hydrogens is 693 g/mol. The molecule has 0 fully saturated rings. The number of aliphatic hydroxyl groups excluding tert-OH is 1. The lowest BCUT2D eigenvalue weighted by Crippen LogP contribution is -2.28. The van der Waals surface area contributed by atoms with Crippen LogP contribution >= 0.6 is 0 Å². The number of aliphatic hydroxyl groups is 1. The summed E-state index contributed by atoms with van der Waals surface area (Å²) in [6, 6.07) is 0. The van der Waals surface area contributed by atoms with Crippen molar-refractivity contribution in [2.24, 2.45) is 0 Å². The Kier molecular flexibility index (Phi) is 46.4. The molecule has 5 heteroatoms. The first kappa shape index (κ1) is 54.4. The molecule has 0 heterocycles. The van der Waals surface area contributed by atoms with Gasteiger partial charge in [0.15, 0.2) is 6.10 Å². The molecule has 0 spiro atoms. The molecule has 0 aromatic rings. The molecule has 0 aliphatic heterocycles. The summed E-state index contributed by atoms with van der Waals surface area (Å²) < 4.78 is 10.7. The number of unbranched alkanes of at least 4 members (excludes halogenated alkanes) is 34. The number of esters is 2. The van der Waals surface area contributed by atoms with Crippen LogP contribution < -0.4 is 0 Å². The van der Waals surface area contributed by atoms with Gasteiger partial charge in [0.1, 0.15) is 6.61 Å². The standard InChI is InChI=1S/C51H96O5/c1-3-5-7-9-11-13-15-17-19-21-22-23-24-25-26-27-28-30-32-34-36-38-40-42-44-46-51(54)56-49(47-52)48-55-50(53)45-43-41-39-37-35-33-31-29-20-18-16-14-12-10-8-6-4-2/h18,20-22,49,52H,3-17,19,23-48H2,1-2H3/b20-18-,22-21-. The maximum atomic E-state index is 12.3. The second-order valence-corrected chi connectivity index (χ2v) is 16.9. The van der Waals surface area contributed by atoms with Gasteiger partial charge in [-0.2, -0.15) is 0 Å². The highest BCUT2D eigenvalue weighted by atomic mass is 16.6. The number of carbonyl (C=O) groups excluding carboxylic acids is 2. The lowest BCUT2D eigenvalue weighted by molar-refractivity contribution is -0.161. The zero-order chi connectivity index (χ0) is 40.7. The Balaban J connectivity index is 3.46. The van der Waals surface area contributed by atoms with Crippen molar-refractivity contribution in [2.45, 2.75) is 277 Å². The van der Waals surface area contributed by atoms with Gasteiger partial charge in [-0.25, -0.2) is 0 Å². The highest BCUT2D eigenvalue weighted by Gasteiger charge is 2.16. The summed E-state index contributed by atoms with van der Waals surface area (Å²) in [7, 11) is 0. The van der Waals surface area contributed by atoms with Crippen LogP contribution in [0.25, 0.3) is 0 Å². The van der Waals surface area contributed by atoms with Gasteiger partial charge in [0, 0.05) is 12.8 Å². The second-order valence-electron chi connectivity index (χ2n) is 16.9. The summed E-state index contributed by atoms with van der Waals surface area (Å²) in [6.07, 6.45) is 58.4. The van der Waals surface area contributed by atoms with Crippen molar-refractivity contribution in [3.8, 4) is 0 Å². The van der Waals surface area contributed by atoms with Crippen molar-refractivity contribution in [3.05, 3.63) is 24.3 Å². The number of hydrogen-bond acceptors (Lipinski definition) is 5. The lowest BCUT2D eigenvalue weighted by atomic mass is 10.0. The van der Waals surface area contributed by atoms with Gasteiger partial charge in [0.25, 0.3) is 0 Å². The summed E-state index contributed by atoms with van der Waals surface area (Å²) in [5.74, 6) is -0.583. The van der Waals surface area contributed by atoms with Crippen molar-refractivity contribution < 1.29 is 24.2 Å². The number of carbonyl (C=O) groups is 2. The van der Waals surface area contributed by atoms with Crippen molar-refractivity contribution in [1.82, 2.24) is 0 Å². The molecule has 330 valence electrons. The van der Waals surface area contributed by atoms with E-state index in [0.29, 0.717) is 12.8 Å². The van der Waals surface area contributed by atoms with Gasteiger partial charge >= 0.3 is 11.9 Å². The average molecular weight is 789 g/mol. The van der Waals surface area contributed by atoms with Gasteiger partial charge in [-0.3, -0.25) is 9.59 Å². The zero-order valence-corrected chi connectivity index (χ0v) is 37.7. The fourth-order valence-corrected chi connectivity index (χ4v) is 7.43. The molecule has 0 rings (SSSR count). The van der Waals surface area contributed by atoms with Crippen LogP contribution in [0.3, 0.4) is 0 Å². The highest BCUT2D eigenvalue weighted by Crippen LogP contribution is 2.16. The Labute approximate surface area is 349 Å². The van der Waals surface area contributed by atoms with E-state index in [2.05, 4.69) is 38.2 Å². The first-order valence-electron chi connectivity index (χ1n) is 24.9. The normalized spacial score (nSPS) is 12.3. The largest absolute Gasteiger partial charge is 0.462 e. The Morgan fingerprint density at radius 1 is 0.393 bits per heavy atom. The molecular formula is C51H96O5. The third-order valence-electron chi connectivity index (χ3n) is 11.2. The van der Waals surface area contributed by atoms with E-state index in [9.17, 15) is 14.7 Å². The first-order valence-corrected chi connectivity index (χ1v) is 24.9. The van der Waals surface area contributed by atoms with E-state index in [1.165, 1.54) is 205 Å². The summed E-state index contributed by atoms with van der Waals surface area (Å²) in [6.45, 7) is 4.16. The molecule has 0 bridgehead atoms. The summed E-state index contributed by atoms with van der Waals surface area (Å²) >= 11 is 0. The number of allylic oxidation sites excluding steroid dienone is 4. The van der Waals surface area contributed by atoms with Crippen molar-refractivity contribution in [3.63, 3.8) is 0 Å². The minimum absolute atomic E-state index is 0.0639. The highest BCUT2D eigenvalue weighted by molar-refractivity contribution is 5.70. The quantitative estimate of drug-likeness (QED) is 0.0378. The van der Waals surface area contributed by atoms with Crippen LogP contribution in [0.15, 0.2) is 24.3 Å². The summed E-state index contributed by atoms with van der Waals surface area (Å²) in [5, 5.41) is 9.61. The number of rotatable bonds is 46. The van der Waals surface area contributed by atoms with Gasteiger partial charge in [-0.1, -0.05) is 218 Å². The molecule has 0 aliphatic carbocycles. The molecule has 1 atom stereocenters. The van der Waals surface area contributed by atoms with Crippen molar-refractivity contribution in [2.75, 3.05) is 13.2 Å². The van der Waals surface area contributed by atoms with Crippen LogP contribution in [0.2, 0.25) is 0 Å². The molecule has 0 aromatic carbocycles. The van der Waals surface area contributed by atoms with Crippen molar-refractivity contribution in [1.29, 1.82) is 0 Å². The summed E-state index contributed by atoms with van der Waals surface area (Å²) in [5.41, 5.74) is 0. The Bertz CT molecular complexity index is 851. The van der Waals surface area contributed by atoms with E-state index < -0.39 is 6.10 Å². The molecule has 1 N–H and O–H groups in total. The summed E-state index contributed by atoms with van der Waals surface area (Å²) in [4.78, 5) is 24.4. The molecule has 5 nitrogen and oxygen atoms in total. The minimum Gasteiger partial charge on any atom is -0.462 e. The van der Waals surface area contributed by atoms with E-state index in [1.54, 1.807) is 0 Å². The Hall–Kier alpha value is -1.62. The van der Waals surface area contributed by atoms with E-state index in [4.69, 9.17) is 9.47 Å². The fraction of sp³-hybridized carbons (Fsp3) is 0.882. The molecule has 1 unspecified atom stereocenters. The van der Waals surface area contributed by atoms with Gasteiger partial charge < -0.3 is 14.6 Å². The monoisotopic (exact) mass is 789 g/mol. The van der Waals surface area contributed by atoms with Gasteiger partial charge in [0.2, 0.25) is 0 Å². The average Bonchev–Trinajstić information content (AvgIpc) is 3.20. The molecule has 0 radical (unpaired) electrons. The smallest absolute Gasteiger partial charge is 0.306 e. The predicted molar refractivity (Wildman–Crippen MR) is 242 cm³/mol. The fourth-order valence-electron chi connectivity index (χ4n) is 7.43. The lowest BCUT2D eigenvalue weighted by Gasteiger charge is -2.15. The SMILES string of the molecule is CCCCCCCC/C=C\CCCCCCCCCC(=O)OCC(CO)OC(=O)CCCCCCCCCCCCCCC/C=C\CCCCCCCCCC. The van der Waals surface area contributed by atoms with E-state index in [1.807, 2.05) is 0 Å². The second kappa shape index (κ2) is 47.8. The Morgan fingerprint density at radius 2 is 0.661 bits per heavy atom. The van der Waals surface area contributed by atoms with E-state index in [0.717, 1.165) is 38.5 Å². The molecule has 0 amide bonds. The van der Waals surface area contributed by atoms with E-state index in [-0.39, 0.29) is 25.2 Å².